The van der Waals surface area contributed by atoms with Gasteiger partial charge in [0, 0.05) is 0 Å². The average Bonchev–Trinajstić information content (AvgIpc) is 2.29. The first-order valence-corrected chi connectivity index (χ1v) is 5.57. The third-order valence-electron chi connectivity index (χ3n) is 2.41. The quantitative estimate of drug-likeness (QED) is 0.824. The number of benzene rings is 1. The summed E-state index contributed by atoms with van der Waals surface area (Å²) in [6, 6.07) is 8.10. The zero-order chi connectivity index (χ0) is 12.0. The third kappa shape index (κ3) is 3.25. The first-order valence-electron chi connectivity index (χ1n) is 5.57. The average molecular weight is 218 g/mol. The van der Waals surface area contributed by atoms with Gasteiger partial charge in [-0.2, -0.15) is 5.26 Å². The van der Waals surface area contributed by atoms with Crippen molar-refractivity contribution in [2.75, 3.05) is 6.54 Å². The predicted molar refractivity (Wildman–Crippen MR) is 64.3 cm³/mol. The van der Waals surface area contributed by atoms with Crippen molar-refractivity contribution >= 4 is 0 Å². The van der Waals surface area contributed by atoms with Crippen LogP contribution in [0, 0.1) is 18.3 Å². The molecule has 0 bridgehead atoms. The number of ether oxygens (including phenoxy) is 1. The first kappa shape index (κ1) is 12.5. The van der Waals surface area contributed by atoms with E-state index in [0.29, 0.717) is 13.0 Å². The van der Waals surface area contributed by atoms with Crippen LogP contribution in [0.5, 0.6) is 5.75 Å². The van der Waals surface area contributed by atoms with E-state index in [9.17, 15) is 0 Å². The van der Waals surface area contributed by atoms with Gasteiger partial charge in [-0.3, -0.25) is 0 Å². The minimum absolute atomic E-state index is 0.376. The maximum atomic E-state index is 8.86. The second-order valence-electron chi connectivity index (χ2n) is 3.79. The zero-order valence-corrected chi connectivity index (χ0v) is 9.86. The Morgan fingerprint density at radius 1 is 1.50 bits per heavy atom. The maximum Gasteiger partial charge on any atom is 0.184 e. The molecule has 3 nitrogen and oxygen atoms in total. The van der Waals surface area contributed by atoms with E-state index in [1.807, 2.05) is 26.0 Å². The van der Waals surface area contributed by atoms with Gasteiger partial charge >= 0.3 is 0 Å². The molecular weight excluding hydrogens is 200 g/mol. The molecule has 1 atom stereocenters. The molecule has 0 saturated heterocycles. The summed E-state index contributed by atoms with van der Waals surface area (Å²) in [4.78, 5) is 0. The van der Waals surface area contributed by atoms with Crippen LogP contribution in [-0.4, -0.2) is 12.6 Å². The second kappa shape index (κ2) is 6.14. The van der Waals surface area contributed by atoms with E-state index >= 15 is 0 Å². The van der Waals surface area contributed by atoms with Gasteiger partial charge in [-0.1, -0.05) is 24.6 Å². The van der Waals surface area contributed by atoms with E-state index in [2.05, 4.69) is 12.1 Å². The molecule has 1 rings (SSSR count). The van der Waals surface area contributed by atoms with Crippen LogP contribution in [-0.2, 0) is 6.42 Å². The Labute approximate surface area is 96.8 Å². The Hall–Kier alpha value is -1.53. The van der Waals surface area contributed by atoms with Crippen molar-refractivity contribution in [1.29, 1.82) is 5.26 Å². The highest BCUT2D eigenvalue weighted by Crippen LogP contribution is 2.22. The fraction of sp³-hybridized carbons (Fsp3) is 0.462. The lowest BCUT2D eigenvalue weighted by Crippen LogP contribution is -2.14. The summed E-state index contributed by atoms with van der Waals surface area (Å²) in [6.07, 6.45) is 1.09. The van der Waals surface area contributed by atoms with Crippen LogP contribution in [0.15, 0.2) is 18.2 Å². The Morgan fingerprint density at radius 2 is 2.25 bits per heavy atom. The van der Waals surface area contributed by atoms with Crippen molar-refractivity contribution in [1.82, 2.24) is 0 Å². The molecule has 16 heavy (non-hydrogen) atoms. The van der Waals surface area contributed by atoms with Crippen LogP contribution in [0.1, 0.15) is 24.5 Å². The second-order valence-corrected chi connectivity index (χ2v) is 3.79. The van der Waals surface area contributed by atoms with Gasteiger partial charge in [-0.05, 0) is 37.9 Å². The lowest BCUT2D eigenvalue weighted by atomic mass is 10.1. The third-order valence-corrected chi connectivity index (χ3v) is 2.41. The topological polar surface area (TPSA) is 59.0 Å². The number of aryl methyl sites for hydroxylation is 1. The van der Waals surface area contributed by atoms with E-state index in [1.54, 1.807) is 0 Å². The smallest absolute Gasteiger partial charge is 0.184 e. The number of nitrogens with two attached hydrogens (primary N) is 1. The highest BCUT2D eigenvalue weighted by Gasteiger charge is 2.09. The molecule has 0 aliphatic rings. The van der Waals surface area contributed by atoms with Crippen LogP contribution in [0.25, 0.3) is 0 Å². The minimum Gasteiger partial charge on any atom is -0.475 e. The lowest BCUT2D eigenvalue weighted by Gasteiger charge is -2.14. The highest BCUT2D eigenvalue weighted by molar-refractivity contribution is 5.37. The van der Waals surface area contributed by atoms with Crippen LogP contribution >= 0.6 is 0 Å². The molecule has 0 aliphatic heterocycles. The number of nitrogens with zero attached hydrogens (tertiary/aromatic N) is 1. The molecule has 0 fully saturated rings. The van der Waals surface area contributed by atoms with Gasteiger partial charge < -0.3 is 10.5 Å². The van der Waals surface area contributed by atoms with Crippen LogP contribution in [0.3, 0.4) is 0 Å². The number of nitriles is 1. The van der Waals surface area contributed by atoms with E-state index in [4.69, 9.17) is 15.7 Å². The molecule has 0 aliphatic carbocycles. The van der Waals surface area contributed by atoms with E-state index in [-0.39, 0.29) is 6.10 Å². The first-order chi connectivity index (χ1) is 7.71. The zero-order valence-electron chi connectivity index (χ0n) is 9.86. The molecule has 0 amide bonds. The Balaban J connectivity index is 2.90. The molecule has 1 unspecified atom stereocenters. The van der Waals surface area contributed by atoms with E-state index in [0.717, 1.165) is 17.7 Å². The lowest BCUT2D eigenvalue weighted by molar-refractivity contribution is 0.249. The normalized spacial score (nSPS) is 11.9. The molecule has 0 saturated carbocycles. The number of hydrogen-bond donors (Lipinski definition) is 1. The van der Waals surface area contributed by atoms with Gasteiger partial charge in [-0.25, -0.2) is 0 Å². The van der Waals surface area contributed by atoms with Gasteiger partial charge in [0.05, 0.1) is 0 Å². The largest absolute Gasteiger partial charge is 0.475 e. The molecule has 0 aromatic heterocycles. The van der Waals surface area contributed by atoms with Crippen LogP contribution in [0.2, 0.25) is 0 Å². The van der Waals surface area contributed by atoms with Crippen molar-refractivity contribution in [2.24, 2.45) is 5.73 Å². The SMILES string of the molecule is CCC(C#N)Oc1ccc(C)cc1CCN. The fourth-order valence-corrected chi connectivity index (χ4v) is 1.53. The predicted octanol–water partition coefficient (Wildman–Crippen LogP) is 2.18. The Kier molecular flexibility index (Phi) is 4.81. The van der Waals surface area contributed by atoms with Crippen molar-refractivity contribution in [3.63, 3.8) is 0 Å². The van der Waals surface area contributed by atoms with Crippen LogP contribution in [0.4, 0.5) is 0 Å². The maximum absolute atomic E-state index is 8.86. The standard InChI is InChI=1S/C13H18N2O/c1-3-12(9-15)16-13-5-4-10(2)8-11(13)6-7-14/h4-5,8,12H,3,6-7,14H2,1-2H3. The number of rotatable bonds is 5. The molecule has 1 aromatic carbocycles. The Bertz CT molecular complexity index is 382. The monoisotopic (exact) mass is 218 g/mol. The molecule has 2 N–H and O–H groups in total. The molecule has 0 heterocycles. The van der Waals surface area contributed by atoms with Crippen molar-refractivity contribution in [2.45, 2.75) is 32.8 Å². The van der Waals surface area contributed by atoms with Gasteiger partial charge in [0.25, 0.3) is 0 Å². The van der Waals surface area contributed by atoms with Gasteiger partial charge in [0.2, 0.25) is 0 Å². The van der Waals surface area contributed by atoms with Gasteiger partial charge in [0.15, 0.2) is 6.10 Å². The molecule has 3 heteroatoms. The highest BCUT2D eigenvalue weighted by atomic mass is 16.5. The minimum atomic E-state index is -0.376. The summed E-state index contributed by atoms with van der Waals surface area (Å²) < 4.78 is 5.63. The molecule has 0 radical (unpaired) electrons. The molecule has 86 valence electrons. The molecule has 1 aromatic rings. The van der Waals surface area contributed by atoms with Gasteiger partial charge in [0.1, 0.15) is 11.8 Å². The summed E-state index contributed by atoms with van der Waals surface area (Å²) in [5, 5.41) is 8.86. The van der Waals surface area contributed by atoms with E-state index < -0.39 is 0 Å². The van der Waals surface area contributed by atoms with Crippen molar-refractivity contribution < 1.29 is 4.74 Å². The fourth-order valence-electron chi connectivity index (χ4n) is 1.53. The number of hydrogen-bond acceptors (Lipinski definition) is 3. The molecular formula is C13H18N2O. The summed E-state index contributed by atoms with van der Waals surface area (Å²) in [7, 11) is 0. The Morgan fingerprint density at radius 3 is 2.81 bits per heavy atom. The molecule has 0 spiro atoms. The van der Waals surface area contributed by atoms with Gasteiger partial charge in [-0.15, -0.1) is 0 Å². The van der Waals surface area contributed by atoms with Crippen LogP contribution < -0.4 is 10.5 Å². The van der Waals surface area contributed by atoms with E-state index in [1.165, 1.54) is 5.56 Å². The summed E-state index contributed by atoms with van der Waals surface area (Å²) in [5.74, 6) is 0.782. The van der Waals surface area contributed by atoms with Crippen molar-refractivity contribution in [3.8, 4) is 11.8 Å². The summed E-state index contributed by atoms with van der Waals surface area (Å²) >= 11 is 0. The van der Waals surface area contributed by atoms with Crippen molar-refractivity contribution in [3.05, 3.63) is 29.3 Å². The summed E-state index contributed by atoms with van der Waals surface area (Å²) in [6.45, 7) is 4.55. The summed E-state index contributed by atoms with van der Waals surface area (Å²) in [5.41, 5.74) is 7.82.